The molecule has 0 atom stereocenters. The van der Waals surface area contributed by atoms with Crippen LogP contribution in [0.3, 0.4) is 0 Å². The maximum atomic E-state index is 11.8. The van der Waals surface area contributed by atoms with Crippen molar-refractivity contribution >= 4 is 11.9 Å². The average molecular weight is 266 g/mol. The van der Waals surface area contributed by atoms with Crippen LogP contribution in [0.4, 0.5) is 0 Å². The lowest BCUT2D eigenvalue weighted by molar-refractivity contribution is -0.141. The molecular weight excluding hydrogens is 244 g/mol. The van der Waals surface area contributed by atoms with E-state index >= 15 is 0 Å². The van der Waals surface area contributed by atoms with E-state index in [4.69, 9.17) is 0 Å². The first-order valence-corrected chi connectivity index (χ1v) is 6.54. The summed E-state index contributed by atoms with van der Waals surface area (Å²) in [6.45, 7) is 5.64. The molecule has 5 heteroatoms. The highest BCUT2D eigenvalue weighted by Gasteiger charge is 2.19. The zero-order chi connectivity index (χ0) is 14.1. The topological polar surface area (TPSA) is 49.9 Å². The highest BCUT2D eigenvalue weighted by molar-refractivity contribution is 5.87. The molecule has 1 aliphatic rings. The number of carbonyl (C=O) groups excluding carboxylic acids is 2. The van der Waals surface area contributed by atoms with Crippen LogP contribution in [0, 0.1) is 0 Å². The molecule has 1 fully saturated rings. The number of esters is 1. The van der Waals surface area contributed by atoms with Gasteiger partial charge in [-0.05, 0) is 6.92 Å². The number of hydrogen-bond donors (Lipinski definition) is 0. The Morgan fingerprint density at radius 1 is 1.16 bits per heavy atom. The third kappa shape index (κ3) is 5.70. The summed E-state index contributed by atoms with van der Waals surface area (Å²) in [4.78, 5) is 26.9. The molecule has 0 bridgehead atoms. The normalized spacial score (nSPS) is 17.3. The number of nitrogens with zero attached hydrogens (tertiary/aromatic N) is 2. The van der Waals surface area contributed by atoms with E-state index in [-0.39, 0.29) is 11.9 Å². The van der Waals surface area contributed by atoms with E-state index in [0.29, 0.717) is 26.1 Å². The Morgan fingerprint density at radius 2 is 1.84 bits per heavy atom. The molecule has 0 saturated carbocycles. The van der Waals surface area contributed by atoms with E-state index in [2.05, 4.69) is 9.64 Å². The molecule has 0 aromatic carbocycles. The number of rotatable bonds is 5. The van der Waals surface area contributed by atoms with Crippen LogP contribution in [0.5, 0.6) is 0 Å². The minimum Gasteiger partial charge on any atom is -0.469 e. The Kier molecular flexibility index (Phi) is 6.89. The molecule has 5 nitrogen and oxygen atoms in total. The second kappa shape index (κ2) is 8.48. The fourth-order valence-corrected chi connectivity index (χ4v) is 1.90. The second-order valence-electron chi connectivity index (χ2n) is 4.38. The molecule has 0 unspecified atom stereocenters. The highest BCUT2D eigenvalue weighted by Crippen LogP contribution is 2.04. The first-order chi connectivity index (χ1) is 9.17. The number of methoxy groups -OCH3 is 1. The van der Waals surface area contributed by atoms with Gasteiger partial charge in [-0.25, -0.2) is 0 Å². The van der Waals surface area contributed by atoms with E-state index in [0.717, 1.165) is 13.1 Å². The van der Waals surface area contributed by atoms with Gasteiger partial charge >= 0.3 is 5.97 Å². The Balaban J connectivity index is 2.28. The Labute approximate surface area is 114 Å². The molecule has 0 aromatic heterocycles. The van der Waals surface area contributed by atoms with Gasteiger partial charge in [0.25, 0.3) is 0 Å². The molecule has 1 saturated heterocycles. The van der Waals surface area contributed by atoms with Gasteiger partial charge in [-0.1, -0.05) is 18.2 Å². The van der Waals surface area contributed by atoms with E-state index in [1.807, 2.05) is 24.0 Å². The number of amides is 1. The van der Waals surface area contributed by atoms with E-state index in [1.165, 1.54) is 7.11 Å². The number of carbonyl (C=O) groups is 2. The summed E-state index contributed by atoms with van der Waals surface area (Å²) >= 11 is 0. The maximum Gasteiger partial charge on any atom is 0.306 e. The van der Waals surface area contributed by atoms with Gasteiger partial charge in [0.2, 0.25) is 5.91 Å². The average Bonchev–Trinajstić information content (AvgIpc) is 2.45. The first kappa shape index (κ1) is 15.4. The smallest absolute Gasteiger partial charge is 0.306 e. The van der Waals surface area contributed by atoms with Crippen LogP contribution in [0.2, 0.25) is 0 Å². The van der Waals surface area contributed by atoms with Gasteiger partial charge in [0.05, 0.1) is 13.5 Å². The third-order valence-electron chi connectivity index (χ3n) is 3.09. The predicted molar refractivity (Wildman–Crippen MR) is 73.6 cm³/mol. The molecular formula is C14H22N2O3. The molecule has 0 aliphatic carbocycles. The SMILES string of the molecule is CC=C/C=C/C(=O)N1CCN(CCC(=O)OC)CC1. The van der Waals surface area contributed by atoms with Crippen LogP contribution in [0.15, 0.2) is 24.3 Å². The molecule has 1 amide bonds. The minimum absolute atomic E-state index is 0.0470. The van der Waals surface area contributed by atoms with Crippen LogP contribution in [0.1, 0.15) is 13.3 Å². The fourth-order valence-electron chi connectivity index (χ4n) is 1.90. The highest BCUT2D eigenvalue weighted by atomic mass is 16.5. The van der Waals surface area contributed by atoms with Crippen LogP contribution in [-0.2, 0) is 14.3 Å². The van der Waals surface area contributed by atoms with Crippen molar-refractivity contribution in [2.24, 2.45) is 0 Å². The summed E-state index contributed by atoms with van der Waals surface area (Å²) in [7, 11) is 1.40. The molecule has 1 heterocycles. The monoisotopic (exact) mass is 266 g/mol. The van der Waals surface area contributed by atoms with E-state index < -0.39 is 0 Å². The molecule has 0 spiro atoms. The second-order valence-corrected chi connectivity index (χ2v) is 4.38. The van der Waals surface area contributed by atoms with Crippen molar-refractivity contribution in [1.29, 1.82) is 0 Å². The lowest BCUT2D eigenvalue weighted by atomic mass is 10.2. The Bertz CT molecular complexity index is 356. The zero-order valence-corrected chi connectivity index (χ0v) is 11.7. The molecule has 0 radical (unpaired) electrons. The van der Waals surface area contributed by atoms with Crippen LogP contribution in [-0.4, -0.2) is 61.5 Å². The summed E-state index contributed by atoms with van der Waals surface area (Å²) in [6, 6.07) is 0. The van der Waals surface area contributed by atoms with Gasteiger partial charge in [0.15, 0.2) is 0 Å². The van der Waals surface area contributed by atoms with Crippen molar-refractivity contribution in [3.05, 3.63) is 24.3 Å². The lowest BCUT2D eigenvalue weighted by Gasteiger charge is -2.33. The predicted octanol–water partition coefficient (Wildman–Crippen LogP) is 0.826. The van der Waals surface area contributed by atoms with Crippen LogP contribution in [0.25, 0.3) is 0 Å². The van der Waals surface area contributed by atoms with Crippen molar-refractivity contribution in [2.75, 3.05) is 39.8 Å². The quantitative estimate of drug-likeness (QED) is 0.420. The summed E-state index contributed by atoms with van der Waals surface area (Å²) in [5, 5.41) is 0. The zero-order valence-electron chi connectivity index (χ0n) is 11.7. The third-order valence-corrected chi connectivity index (χ3v) is 3.09. The van der Waals surface area contributed by atoms with Crippen molar-refractivity contribution in [3.8, 4) is 0 Å². The van der Waals surface area contributed by atoms with E-state index in [9.17, 15) is 9.59 Å². The number of ether oxygens (including phenoxy) is 1. The van der Waals surface area contributed by atoms with Gasteiger partial charge in [0, 0.05) is 38.8 Å². The van der Waals surface area contributed by atoms with Crippen molar-refractivity contribution in [3.63, 3.8) is 0 Å². The van der Waals surface area contributed by atoms with Gasteiger partial charge < -0.3 is 9.64 Å². The van der Waals surface area contributed by atoms with Crippen LogP contribution >= 0.6 is 0 Å². The standard InChI is InChI=1S/C14H22N2O3/c1-3-4-5-6-13(17)16-11-9-15(10-12-16)8-7-14(18)19-2/h3-6H,7-12H2,1-2H3/b4-3?,6-5+. The van der Waals surface area contributed by atoms with Gasteiger partial charge in [-0.2, -0.15) is 0 Å². The van der Waals surface area contributed by atoms with Gasteiger partial charge in [-0.15, -0.1) is 0 Å². The van der Waals surface area contributed by atoms with Crippen molar-refractivity contribution < 1.29 is 14.3 Å². The van der Waals surface area contributed by atoms with E-state index in [1.54, 1.807) is 12.2 Å². The molecule has 1 aliphatic heterocycles. The van der Waals surface area contributed by atoms with Crippen LogP contribution < -0.4 is 0 Å². The van der Waals surface area contributed by atoms with Gasteiger partial charge in [-0.3, -0.25) is 14.5 Å². The molecule has 0 aromatic rings. The Hall–Kier alpha value is -1.62. The first-order valence-electron chi connectivity index (χ1n) is 6.54. The lowest BCUT2D eigenvalue weighted by Crippen LogP contribution is -2.48. The minimum atomic E-state index is -0.187. The number of allylic oxidation sites excluding steroid dienone is 3. The number of hydrogen-bond acceptors (Lipinski definition) is 4. The largest absolute Gasteiger partial charge is 0.469 e. The molecule has 1 rings (SSSR count). The Morgan fingerprint density at radius 3 is 2.42 bits per heavy atom. The summed E-state index contributed by atoms with van der Waals surface area (Å²) in [5.74, 6) is -0.140. The molecule has 19 heavy (non-hydrogen) atoms. The maximum absolute atomic E-state index is 11.8. The summed E-state index contributed by atoms with van der Waals surface area (Å²) in [6.07, 6.45) is 7.47. The summed E-state index contributed by atoms with van der Waals surface area (Å²) in [5.41, 5.74) is 0. The van der Waals surface area contributed by atoms with Crippen molar-refractivity contribution in [2.45, 2.75) is 13.3 Å². The fraction of sp³-hybridized carbons (Fsp3) is 0.571. The van der Waals surface area contributed by atoms with Crippen molar-refractivity contribution in [1.82, 2.24) is 9.80 Å². The summed E-state index contributed by atoms with van der Waals surface area (Å²) < 4.78 is 4.61. The molecule has 106 valence electrons. The molecule has 0 N–H and O–H groups in total. The number of piperazine rings is 1. The van der Waals surface area contributed by atoms with Gasteiger partial charge in [0.1, 0.15) is 0 Å².